The van der Waals surface area contributed by atoms with Gasteiger partial charge in [0.1, 0.15) is 0 Å². The van der Waals surface area contributed by atoms with Gasteiger partial charge in [0, 0.05) is 13.1 Å². The molecule has 1 saturated heterocycles. The molecule has 0 saturated carbocycles. The average Bonchev–Trinajstić information content (AvgIpc) is 2.21. The van der Waals surface area contributed by atoms with E-state index in [0.29, 0.717) is 19.5 Å². The van der Waals surface area contributed by atoms with Crippen molar-refractivity contribution >= 4 is 5.91 Å². The average molecular weight is 228 g/mol. The molecular formula is C12H24N2O2. The summed E-state index contributed by atoms with van der Waals surface area (Å²) in [7, 11) is 0. The van der Waals surface area contributed by atoms with E-state index in [4.69, 9.17) is 5.73 Å². The van der Waals surface area contributed by atoms with Crippen molar-refractivity contribution in [3.8, 4) is 0 Å². The minimum atomic E-state index is -0.783. The van der Waals surface area contributed by atoms with Crippen LogP contribution < -0.4 is 5.73 Å². The third-order valence-electron chi connectivity index (χ3n) is 3.46. The summed E-state index contributed by atoms with van der Waals surface area (Å²) in [6.45, 7) is 6.96. The summed E-state index contributed by atoms with van der Waals surface area (Å²) >= 11 is 0. The van der Waals surface area contributed by atoms with E-state index in [2.05, 4.69) is 0 Å². The highest BCUT2D eigenvalue weighted by Gasteiger charge is 2.35. The molecule has 1 heterocycles. The molecule has 0 aromatic rings. The van der Waals surface area contributed by atoms with Crippen LogP contribution in [0.4, 0.5) is 0 Å². The quantitative estimate of drug-likeness (QED) is 0.748. The zero-order valence-corrected chi connectivity index (χ0v) is 10.6. The molecule has 1 aliphatic rings. The molecule has 0 radical (unpaired) electrons. The first-order valence-electron chi connectivity index (χ1n) is 6.14. The highest BCUT2D eigenvalue weighted by molar-refractivity contribution is 5.85. The minimum Gasteiger partial charge on any atom is -0.391 e. The second kappa shape index (κ2) is 5.15. The van der Waals surface area contributed by atoms with Crippen molar-refractivity contribution in [3.63, 3.8) is 0 Å². The van der Waals surface area contributed by atoms with E-state index in [1.54, 1.807) is 11.8 Å². The van der Waals surface area contributed by atoms with Crippen molar-refractivity contribution in [1.29, 1.82) is 0 Å². The van der Waals surface area contributed by atoms with Crippen molar-refractivity contribution in [1.82, 2.24) is 4.90 Å². The lowest BCUT2D eigenvalue weighted by atomic mass is 9.91. The second-order valence-electron chi connectivity index (χ2n) is 5.25. The lowest BCUT2D eigenvalue weighted by Crippen LogP contribution is -2.57. The Bertz CT molecular complexity index is 253. The van der Waals surface area contributed by atoms with E-state index in [9.17, 15) is 9.90 Å². The minimum absolute atomic E-state index is 0.0275. The van der Waals surface area contributed by atoms with Gasteiger partial charge >= 0.3 is 0 Å². The summed E-state index contributed by atoms with van der Waals surface area (Å²) in [5.41, 5.74) is 5.23. The lowest BCUT2D eigenvalue weighted by Gasteiger charge is -2.38. The fraction of sp³-hybridized carbons (Fsp3) is 0.917. The second-order valence-corrected chi connectivity index (χ2v) is 5.25. The van der Waals surface area contributed by atoms with Gasteiger partial charge in [0.25, 0.3) is 0 Å². The Balaban J connectivity index is 2.61. The number of piperidine rings is 1. The Morgan fingerprint density at radius 2 is 2.25 bits per heavy atom. The van der Waals surface area contributed by atoms with Gasteiger partial charge in [-0.3, -0.25) is 4.79 Å². The number of nitrogens with zero attached hydrogens (tertiary/aromatic N) is 1. The number of likely N-dealkylation sites (tertiary alicyclic amines) is 1. The molecular weight excluding hydrogens is 204 g/mol. The van der Waals surface area contributed by atoms with Gasteiger partial charge in [0.2, 0.25) is 5.91 Å². The monoisotopic (exact) mass is 228 g/mol. The Hall–Kier alpha value is -0.610. The SMILES string of the molecule is CCCC(C)(N)C(=O)N1CCC(C)C(O)C1. The Labute approximate surface area is 97.8 Å². The number of aliphatic hydroxyl groups excluding tert-OH is 1. The van der Waals surface area contributed by atoms with E-state index in [0.717, 1.165) is 12.8 Å². The largest absolute Gasteiger partial charge is 0.391 e. The number of rotatable bonds is 3. The summed E-state index contributed by atoms with van der Waals surface area (Å²) in [5.74, 6) is 0.250. The highest BCUT2D eigenvalue weighted by Crippen LogP contribution is 2.20. The first kappa shape index (κ1) is 13.5. The fourth-order valence-corrected chi connectivity index (χ4v) is 2.22. The van der Waals surface area contributed by atoms with Crippen molar-refractivity contribution in [3.05, 3.63) is 0 Å². The third-order valence-corrected chi connectivity index (χ3v) is 3.46. The van der Waals surface area contributed by atoms with Crippen LogP contribution in [0, 0.1) is 5.92 Å². The molecule has 0 aromatic carbocycles. The van der Waals surface area contributed by atoms with Crippen LogP contribution in [0.25, 0.3) is 0 Å². The number of carbonyl (C=O) groups excluding carboxylic acids is 1. The maximum absolute atomic E-state index is 12.2. The van der Waals surface area contributed by atoms with Gasteiger partial charge in [-0.2, -0.15) is 0 Å². The summed E-state index contributed by atoms with van der Waals surface area (Å²) in [6, 6.07) is 0. The first-order chi connectivity index (χ1) is 7.38. The summed E-state index contributed by atoms with van der Waals surface area (Å²) in [5, 5.41) is 9.76. The molecule has 16 heavy (non-hydrogen) atoms. The van der Waals surface area contributed by atoms with Crippen LogP contribution in [0.3, 0.4) is 0 Å². The van der Waals surface area contributed by atoms with Gasteiger partial charge in [-0.25, -0.2) is 0 Å². The molecule has 0 bridgehead atoms. The molecule has 0 aromatic heterocycles. The van der Waals surface area contributed by atoms with Crippen molar-refractivity contribution in [2.24, 2.45) is 11.7 Å². The van der Waals surface area contributed by atoms with Crippen molar-refractivity contribution in [2.75, 3.05) is 13.1 Å². The molecule has 1 rings (SSSR count). The molecule has 0 spiro atoms. The van der Waals surface area contributed by atoms with E-state index in [1.807, 2.05) is 13.8 Å². The van der Waals surface area contributed by atoms with Crippen LogP contribution in [0.15, 0.2) is 0 Å². The zero-order valence-electron chi connectivity index (χ0n) is 10.6. The molecule has 3 N–H and O–H groups in total. The van der Waals surface area contributed by atoms with Crippen LogP contribution in [0.2, 0.25) is 0 Å². The number of aliphatic hydroxyl groups is 1. The summed E-state index contributed by atoms with van der Waals surface area (Å²) in [4.78, 5) is 13.9. The van der Waals surface area contributed by atoms with E-state index < -0.39 is 11.6 Å². The third kappa shape index (κ3) is 2.95. The number of hydrogen-bond acceptors (Lipinski definition) is 3. The smallest absolute Gasteiger partial charge is 0.242 e. The topological polar surface area (TPSA) is 66.6 Å². The summed E-state index contributed by atoms with van der Waals surface area (Å²) < 4.78 is 0. The first-order valence-corrected chi connectivity index (χ1v) is 6.14. The number of amides is 1. The number of nitrogens with two attached hydrogens (primary N) is 1. The predicted octanol–water partition coefficient (Wildman–Crippen LogP) is 0.733. The van der Waals surface area contributed by atoms with Crippen LogP contribution >= 0.6 is 0 Å². The molecule has 4 nitrogen and oxygen atoms in total. The van der Waals surface area contributed by atoms with Gasteiger partial charge in [-0.1, -0.05) is 20.3 Å². The molecule has 94 valence electrons. The van der Waals surface area contributed by atoms with Crippen LogP contribution in [0.1, 0.15) is 40.0 Å². The Kier molecular flexibility index (Phi) is 4.33. The van der Waals surface area contributed by atoms with Crippen LogP contribution in [0.5, 0.6) is 0 Å². The molecule has 1 aliphatic heterocycles. The van der Waals surface area contributed by atoms with E-state index in [-0.39, 0.29) is 11.8 Å². The number of β-amino-alcohol motifs (C(OH)–C–C–N with tert-alkyl or cyclic N) is 1. The lowest BCUT2D eigenvalue weighted by molar-refractivity contribution is -0.141. The fourth-order valence-electron chi connectivity index (χ4n) is 2.22. The van der Waals surface area contributed by atoms with Crippen LogP contribution in [-0.4, -0.2) is 40.6 Å². The highest BCUT2D eigenvalue weighted by atomic mass is 16.3. The Morgan fingerprint density at radius 3 is 2.75 bits per heavy atom. The Morgan fingerprint density at radius 1 is 1.62 bits per heavy atom. The molecule has 0 aliphatic carbocycles. The number of carbonyl (C=O) groups is 1. The van der Waals surface area contributed by atoms with Crippen molar-refractivity contribution < 1.29 is 9.90 Å². The van der Waals surface area contributed by atoms with Crippen molar-refractivity contribution in [2.45, 2.75) is 51.7 Å². The molecule has 1 amide bonds. The van der Waals surface area contributed by atoms with Gasteiger partial charge in [0.05, 0.1) is 11.6 Å². The van der Waals surface area contributed by atoms with Crippen LogP contribution in [-0.2, 0) is 4.79 Å². The van der Waals surface area contributed by atoms with E-state index in [1.165, 1.54) is 0 Å². The standard InChI is InChI=1S/C12H24N2O2/c1-4-6-12(3,13)11(16)14-7-5-9(2)10(15)8-14/h9-10,15H,4-8,13H2,1-3H3. The van der Waals surface area contributed by atoms with E-state index >= 15 is 0 Å². The van der Waals surface area contributed by atoms with Gasteiger partial charge in [-0.15, -0.1) is 0 Å². The van der Waals surface area contributed by atoms with Gasteiger partial charge in [0.15, 0.2) is 0 Å². The molecule has 3 unspecified atom stereocenters. The zero-order chi connectivity index (χ0) is 12.3. The summed E-state index contributed by atoms with van der Waals surface area (Å²) in [6.07, 6.45) is 2.03. The molecule has 3 atom stereocenters. The molecule has 4 heteroatoms. The predicted molar refractivity (Wildman–Crippen MR) is 63.9 cm³/mol. The number of hydrogen-bond donors (Lipinski definition) is 2. The molecule has 1 fully saturated rings. The maximum atomic E-state index is 12.2. The van der Waals surface area contributed by atoms with Gasteiger partial charge in [-0.05, 0) is 25.7 Å². The normalized spacial score (nSPS) is 29.9. The maximum Gasteiger partial charge on any atom is 0.242 e. The van der Waals surface area contributed by atoms with Gasteiger partial charge < -0.3 is 15.7 Å².